The van der Waals surface area contributed by atoms with E-state index in [1.165, 1.54) is 0 Å². The molecule has 1 heterocycles. The summed E-state index contributed by atoms with van der Waals surface area (Å²) in [4.78, 5) is 25.2. The number of rotatable bonds is 6. The molecule has 0 aliphatic carbocycles. The standard InChI is InChI=1S/C16H20BrNO3/c1-12(19)18-9-7-13-11-14(5-6-15(13)18)16(20)21-10-4-2-3-8-17/h5-6,11H,2-4,7-10H2,1H3. The van der Waals surface area contributed by atoms with Gasteiger partial charge >= 0.3 is 5.97 Å². The molecule has 0 radical (unpaired) electrons. The minimum absolute atomic E-state index is 0.0378. The molecule has 1 aromatic carbocycles. The zero-order valence-electron chi connectivity index (χ0n) is 12.2. The summed E-state index contributed by atoms with van der Waals surface area (Å²) in [6.07, 6.45) is 3.83. The van der Waals surface area contributed by atoms with Crippen LogP contribution in [0.5, 0.6) is 0 Å². The Labute approximate surface area is 133 Å². The molecular formula is C16H20BrNO3. The van der Waals surface area contributed by atoms with Crippen LogP contribution in [0.1, 0.15) is 42.1 Å². The molecule has 5 heteroatoms. The van der Waals surface area contributed by atoms with Gasteiger partial charge in [-0.1, -0.05) is 15.9 Å². The number of carbonyl (C=O) groups excluding carboxylic acids is 2. The number of anilines is 1. The largest absolute Gasteiger partial charge is 0.462 e. The molecule has 0 N–H and O–H groups in total. The van der Waals surface area contributed by atoms with Crippen molar-refractivity contribution in [2.75, 3.05) is 23.4 Å². The normalized spacial score (nSPS) is 13.1. The third kappa shape index (κ3) is 4.06. The molecule has 1 amide bonds. The number of alkyl halides is 1. The average molecular weight is 354 g/mol. The zero-order chi connectivity index (χ0) is 15.2. The lowest BCUT2D eigenvalue weighted by molar-refractivity contribution is -0.116. The first-order valence-electron chi connectivity index (χ1n) is 7.27. The first kappa shape index (κ1) is 16.0. The Hall–Kier alpha value is -1.36. The molecular weight excluding hydrogens is 334 g/mol. The molecule has 1 aliphatic rings. The van der Waals surface area contributed by atoms with Crippen LogP contribution in [0.15, 0.2) is 18.2 Å². The Morgan fingerprint density at radius 1 is 1.29 bits per heavy atom. The highest BCUT2D eigenvalue weighted by atomic mass is 79.9. The van der Waals surface area contributed by atoms with Crippen molar-refractivity contribution in [3.8, 4) is 0 Å². The van der Waals surface area contributed by atoms with Gasteiger partial charge in [0, 0.05) is 24.5 Å². The highest BCUT2D eigenvalue weighted by Gasteiger charge is 2.23. The number of esters is 1. The quantitative estimate of drug-likeness (QED) is 0.447. The Bertz CT molecular complexity index is 530. The molecule has 114 valence electrons. The second kappa shape index (κ2) is 7.59. The van der Waals surface area contributed by atoms with Gasteiger partial charge in [0.05, 0.1) is 12.2 Å². The molecule has 0 saturated carbocycles. The summed E-state index contributed by atoms with van der Waals surface area (Å²) in [5, 5.41) is 0.985. The van der Waals surface area contributed by atoms with Crippen molar-refractivity contribution < 1.29 is 14.3 Å². The summed E-state index contributed by atoms with van der Waals surface area (Å²) < 4.78 is 5.27. The van der Waals surface area contributed by atoms with Gasteiger partial charge in [0.15, 0.2) is 0 Å². The number of unbranched alkanes of at least 4 members (excludes halogenated alkanes) is 2. The van der Waals surface area contributed by atoms with Gasteiger partial charge in [-0.2, -0.15) is 0 Å². The van der Waals surface area contributed by atoms with Crippen LogP contribution in [0.4, 0.5) is 5.69 Å². The van der Waals surface area contributed by atoms with Crippen LogP contribution < -0.4 is 4.90 Å². The van der Waals surface area contributed by atoms with E-state index in [9.17, 15) is 9.59 Å². The van der Waals surface area contributed by atoms with Gasteiger partial charge in [-0.25, -0.2) is 4.79 Å². The second-order valence-corrected chi connectivity index (χ2v) is 5.94. The maximum Gasteiger partial charge on any atom is 0.338 e. The van der Waals surface area contributed by atoms with Crippen molar-refractivity contribution in [3.63, 3.8) is 0 Å². The van der Waals surface area contributed by atoms with Crippen LogP contribution >= 0.6 is 15.9 Å². The average Bonchev–Trinajstić information content (AvgIpc) is 2.90. The van der Waals surface area contributed by atoms with Crippen molar-refractivity contribution >= 4 is 33.5 Å². The maximum absolute atomic E-state index is 12.0. The van der Waals surface area contributed by atoms with E-state index in [1.807, 2.05) is 12.1 Å². The Morgan fingerprint density at radius 2 is 2.10 bits per heavy atom. The summed E-state index contributed by atoms with van der Waals surface area (Å²) >= 11 is 3.37. The lowest BCUT2D eigenvalue weighted by Gasteiger charge is -2.14. The summed E-state index contributed by atoms with van der Waals surface area (Å²) in [6, 6.07) is 5.42. The van der Waals surface area contributed by atoms with Gasteiger partial charge in [-0.15, -0.1) is 0 Å². The maximum atomic E-state index is 12.0. The van der Waals surface area contributed by atoms with Crippen molar-refractivity contribution in [2.24, 2.45) is 0 Å². The second-order valence-electron chi connectivity index (χ2n) is 5.15. The van der Waals surface area contributed by atoms with Crippen LogP contribution in [-0.4, -0.2) is 30.4 Å². The summed E-state index contributed by atoms with van der Waals surface area (Å²) in [6.45, 7) is 2.71. The monoisotopic (exact) mass is 353 g/mol. The molecule has 0 spiro atoms. The zero-order valence-corrected chi connectivity index (χ0v) is 13.8. The number of hydrogen-bond donors (Lipinski definition) is 0. The first-order valence-corrected chi connectivity index (χ1v) is 8.39. The highest BCUT2D eigenvalue weighted by molar-refractivity contribution is 9.09. The highest BCUT2D eigenvalue weighted by Crippen LogP contribution is 2.29. The van der Waals surface area contributed by atoms with E-state index in [0.29, 0.717) is 18.7 Å². The fraction of sp³-hybridized carbons (Fsp3) is 0.500. The third-order valence-electron chi connectivity index (χ3n) is 3.60. The number of fused-ring (bicyclic) bond motifs is 1. The predicted molar refractivity (Wildman–Crippen MR) is 86.1 cm³/mol. The molecule has 4 nitrogen and oxygen atoms in total. The molecule has 0 fully saturated rings. The summed E-state index contributed by atoms with van der Waals surface area (Å²) in [5.74, 6) is -0.242. The van der Waals surface area contributed by atoms with Gasteiger partial charge in [0.1, 0.15) is 0 Å². The fourth-order valence-electron chi connectivity index (χ4n) is 2.48. The minimum atomic E-state index is -0.280. The van der Waals surface area contributed by atoms with Crippen molar-refractivity contribution in [1.82, 2.24) is 0 Å². The number of hydrogen-bond acceptors (Lipinski definition) is 3. The van der Waals surface area contributed by atoms with Crippen LogP contribution in [-0.2, 0) is 16.0 Å². The van der Waals surface area contributed by atoms with Gasteiger partial charge in [-0.3, -0.25) is 4.79 Å². The van der Waals surface area contributed by atoms with E-state index in [0.717, 1.165) is 42.3 Å². The van der Waals surface area contributed by atoms with Crippen LogP contribution in [0.25, 0.3) is 0 Å². The molecule has 0 unspecified atom stereocenters. The smallest absolute Gasteiger partial charge is 0.338 e. The molecule has 0 aromatic heterocycles. The molecule has 0 saturated heterocycles. The first-order chi connectivity index (χ1) is 10.1. The lowest BCUT2D eigenvalue weighted by Crippen LogP contribution is -2.25. The van der Waals surface area contributed by atoms with E-state index < -0.39 is 0 Å². The topological polar surface area (TPSA) is 46.6 Å². The van der Waals surface area contributed by atoms with Crippen LogP contribution in [0.3, 0.4) is 0 Å². The Morgan fingerprint density at radius 3 is 2.81 bits per heavy atom. The van der Waals surface area contributed by atoms with E-state index in [2.05, 4.69) is 15.9 Å². The molecule has 0 atom stereocenters. The van der Waals surface area contributed by atoms with Gasteiger partial charge in [0.2, 0.25) is 5.91 Å². The van der Waals surface area contributed by atoms with Crippen LogP contribution in [0, 0.1) is 0 Å². The number of benzene rings is 1. The molecule has 2 rings (SSSR count). The van der Waals surface area contributed by atoms with Crippen LogP contribution in [0.2, 0.25) is 0 Å². The van der Waals surface area contributed by atoms with Gasteiger partial charge < -0.3 is 9.64 Å². The fourth-order valence-corrected chi connectivity index (χ4v) is 2.87. The lowest BCUT2D eigenvalue weighted by atomic mass is 10.1. The number of halogens is 1. The summed E-state index contributed by atoms with van der Waals surface area (Å²) in [7, 11) is 0. The third-order valence-corrected chi connectivity index (χ3v) is 4.16. The van der Waals surface area contributed by atoms with Crippen molar-refractivity contribution in [1.29, 1.82) is 0 Å². The van der Waals surface area contributed by atoms with Crippen molar-refractivity contribution in [2.45, 2.75) is 32.6 Å². The number of amides is 1. The minimum Gasteiger partial charge on any atom is -0.462 e. The number of carbonyl (C=O) groups is 2. The summed E-state index contributed by atoms with van der Waals surface area (Å²) in [5.41, 5.74) is 2.52. The Balaban J connectivity index is 1.93. The number of ether oxygens (including phenoxy) is 1. The van der Waals surface area contributed by atoms with E-state index in [4.69, 9.17) is 4.74 Å². The molecule has 0 bridgehead atoms. The van der Waals surface area contributed by atoms with E-state index >= 15 is 0 Å². The Kier molecular flexibility index (Phi) is 5.79. The van der Waals surface area contributed by atoms with E-state index in [-0.39, 0.29) is 11.9 Å². The molecule has 1 aromatic rings. The predicted octanol–water partition coefficient (Wildman–Crippen LogP) is 3.32. The van der Waals surface area contributed by atoms with Gasteiger partial charge in [0.25, 0.3) is 0 Å². The van der Waals surface area contributed by atoms with E-state index in [1.54, 1.807) is 17.9 Å². The SMILES string of the molecule is CC(=O)N1CCc2cc(C(=O)OCCCCCBr)ccc21. The number of nitrogens with zero attached hydrogens (tertiary/aromatic N) is 1. The van der Waals surface area contributed by atoms with Crippen molar-refractivity contribution in [3.05, 3.63) is 29.3 Å². The molecule has 1 aliphatic heterocycles. The molecule has 21 heavy (non-hydrogen) atoms. The van der Waals surface area contributed by atoms with Gasteiger partial charge in [-0.05, 0) is 49.4 Å².